The van der Waals surface area contributed by atoms with Crippen molar-refractivity contribution in [2.24, 2.45) is 0 Å². The molecule has 5 aromatic carbocycles. The number of phenols is 14. The Bertz CT molecular complexity index is 2620. The molecule has 330 valence electrons. The highest BCUT2D eigenvalue weighted by Crippen LogP contribution is 2.49. The second-order valence-electron chi connectivity index (χ2n) is 13.6. The molecule has 1 saturated heterocycles. The Kier molecular flexibility index (Phi) is 11.7. The van der Waals surface area contributed by atoms with E-state index >= 15 is 0 Å². The van der Waals surface area contributed by atoms with E-state index in [9.17, 15) is 95.8 Å². The topological polar surface area (TPSA) is 409 Å². The van der Waals surface area contributed by atoms with Gasteiger partial charge in [-0.05, 0) is 54.6 Å². The number of ketones is 1. The van der Waals surface area contributed by atoms with Gasteiger partial charge in [0.2, 0.25) is 5.78 Å². The first-order valence-electron chi connectivity index (χ1n) is 17.6. The second-order valence-corrected chi connectivity index (χ2v) is 13.6. The lowest BCUT2D eigenvalue weighted by Crippen LogP contribution is -2.59. The molecule has 1 aliphatic heterocycles. The number of carbonyl (C=O) groups excluding carboxylic acids is 4. The van der Waals surface area contributed by atoms with E-state index < -0.39 is 175 Å². The van der Waals surface area contributed by atoms with Crippen LogP contribution >= 0.6 is 0 Å². The average Bonchev–Trinajstić information content (AvgIpc) is 3.22. The van der Waals surface area contributed by atoms with E-state index in [1.54, 1.807) is 0 Å². The fourth-order valence-electron chi connectivity index (χ4n) is 6.41. The fraction of sp³-hybridized carbons (Fsp3) is 0.150. The number of rotatable bonds is 10. The molecule has 0 radical (unpaired) electrons. The van der Waals surface area contributed by atoms with Crippen molar-refractivity contribution >= 4 is 23.7 Å². The number of aliphatic hydroxyl groups excluding tert-OH is 1. The number of aliphatic hydroxyl groups is 1. The Balaban J connectivity index is 1.57. The molecule has 5 aromatic rings. The number of ether oxygens (including phenoxy) is 4. The van der Waals surface area contributed by atoms with E-state index in [1.165, 1.54) is 0 Å². The molecule has 5 atom stereocenters. The van der Waals surface area contributed by atoms with Crippen LogP contribution in [0.5, 0.6) is 80.5 Å². The maximum atomic E-state index is 13.9. The van der Waals surface area contributed by atoms with Gasteiger partial charge in [-0.25, -0.2) is 14.4 Å². The van der Waals surface area contributed by atoms with Gasteiger partial charge < -0.3 is 95.5 Å². The van der Waals surface area contributed by atoms with Crippen LogP contribution in [0.15, 0.2) is 60.7 Å². The lowest BCUT2D eigenvalue weighted by Gasteiger charge is -2.44. The second kappa shape index (κ2) is 16.7. The summed E-state index contributed by atoms with van der Waals surface area (Å²) in [7, 11) is 0. The number of hydrogen-bond acceptors (Lipinski definition) is 23. The van der Waals surface area contributed by atoms with Gasteiger partial charge in [0.25, 0.3) is 0 Å². The molecule has 1 heterocycles. The van der Waals surface area contributed by atoms with Crippen molar-refractivity contribution in [2.75, 3.05) is 6.61 Å². The normalized spacial score (nSPS) is 18.3. The van der Waals surface area contributed by atoms with E-state index in [0.29, 0.717) is 42.5 Å². The molecule has 1 aliphatic rings. The predicted molar refractivity (Wildman–Crippen MR) is 201 cm³/mol. The third-order valence-corrected chi connectivity index (χ3v) is 9.51. The van der Waals surface area contributed by atoms with Gasteiger partial charge in [0.05, 0.1) is 28.9 Å². The van der Waals surface area contributed by atoms with Gasteiger partial charge in [0.1, 0.15) is 35.0 Å². The SMILES string of the molecule is O=C(O[C@@H]1[C@@H](OC(=O)c2cc(O)c(O)c(O)c2)[C@H](c2c(O)cc(O)c(C(=O)c3ccc(O)c(O)c3)c2O)O[C@H](CO)[C@H]1OC(=O)c1cc(O)c(O)c(O)c1)c1cc(O)c(O)c(O)c1. The van der Waals surface area contributed by atoms with Crippen molar-refractivity contribution in [3.8, 4) is 80.5 Å². The summed E-state index contributed by atoms with van der Waals surface area (Å²) in [5.41, 5.74) is -4.80. The molecule has 0 amide bonds. The van der Waals surface area contributed by atoms with Gasteiger partial charge in [-0.3, -0.25) is 4.79 Å². The van der Waals surface area contributed by atoms with Gasteiger partial charge in [-0.15, -0.1) is 0 Å². The Hall–Kier alpha value is -8.70. The van der Waals surface area contributed by atoms with E-state index in [1.807, 2.05) is 0 Å². The number of benzene rings is 5. The van der Waals surface area contributed by atoms with Gasteiger partial charge in [0, 0.05) is 11.6 Å². The first kappa shape index (κ1) is 43.9. The zero-order valence-electron chi connectivity index (χ0n) is 31.3. The minimum absolute atomic E-state index is 0.480. The first-order chi connectivity index (χ1) is 29.6. The quantitative estimate of drug-likeness (QED) is 0.0412. The maximum Gasteiger partial charge on any atom is 0.338 e. The van der Waals surface area contributed by atoms with E-state index in [0.717, 1.165) is 18.2 Å². The summed E-state index contributed by atoms with van der Waals surface area (Å²) < 4.78 is 22.7. The zero-order valence-corrected chi connectivity index (χ0v) is 31.3. The van der Waals surface area contributed by atoms with Crippen LogP contribution in [-0.4, -0.2) is 131 Å². The average molecular weight is 881 g/mol. The molecule has 0 aliphatic carbocycles. The summed E-state index contributed by atoms with van der Waals surface area (Å²) in [6, 6.07) is 6.51. The van der Waals surface area contributed by atoms with Crippen molar-refractivity contribution < 1.29 is 115 Å². The number of carbonyl (C=O) groups is 4. The Morgan fingerprint density at radius 2 is 0.825 bits per heavy atom. The molecule has 0 spiro atoms. The molecule has 1 fully saturated rings. The third kappa shape index (κ3) is 8.26. The molecule has 6 rings (SSSR count). The van der Waals surface area contributed by atoms with Gasteiger partial charge in [-0.2, -0.15) is 0 Å². The van der Waals surface area contributed by atoms with Crippen molar-refractivity contribution in [3.63, 3.8) is 0 Å². The number of hydrogen-bond donors (Lipinski definition) is 15. The summed E-state index contributed by atoms with van der Waals surface area (Å²) in [5, 5.41) is 154. The molecule has 0 unspecified atom stereocenters. The van der Waals surface area contributed by atoms with Gasteiger partial charge >= 0.3 is 17.9 Å². The van der Waals surface area contributed by atoms with Crippen LogP contribution in [0.25, 0.3) is 0 Å². The highest BCUT2D eigenvalue weighted by atomic mass is 16.7. The Morgan fingerprint density at radius 3 is 1.24 bits per heavy atom. The van der Waals surface area contributed by atoms with Crippen molar-refractivity contribution in [2.45, 2.75) is 30.5 Å². The van der Waals surface area contributed by atoms with Crippen LogP contribution in [0.4, 0.5) is 0 Å². The van der Waals surface area contributed by atoms with Crippen LogP contribution in [0.3, 0.4) is 0 Å². The standard InChI is InChI=1S/C40H32O23/c41-11-26-34(61-38(57)13-4-20(46)30(53)21(47)5-13)36(62-39(58)14-6-22(48)31(54)23(49)7-14)37(63-40(59)15-8-24(50)32(55)25(51)9-15)35(60-26)28-19(45)10-18(44)27(33(28)56)29(52)12-1-2-16(42)17(43)3-12/h1-10,26,34-37,41-51,53-56H,11H2/t26-,34-,35+,36+,37+/m1/s1. The van der Waals surface area contributed by atoms with E-state index in [4.69, 9.17) is 18.9 Å². The lowest BCUT2D eigenvalue weighted by molar-refractivity contribution is -0.232. The maximum absolute atomic E-state index is 13.9. The third-order valence-electron chi connectivity index (χ3n) is 9.51. The zero-order chi connectivity index (χ0) is 46.3. The molecule has 0 aromatic heterocycles. The van der Waals surface area contributed by atoms with E-state index in [-0.39, 0.29) is 0 Å². The van der Waals surface area contributed by atoms with Crippen LogP contribution in [0, 0.1) is 0 Å². The molecular weight excluding hydrogens is 848 g/mol. The minimum atomic E-state index is -2.47. The highest BCUT2D eigenvalue weighted by molar-refractivity contribution is 6.13. The largest absolute Gasteiger partial charge is 0.507 e. The van der Waals surface area contributed by atoms with Crippen molar-refractivity contribution in [1.29, 1.82) is 0 Å². The summed E-state index contributed by atoms with van der Waals surface area (Å²) in [4.78, 5) is 55.0. The minimum Gasteiger partial charge on any atom is -0.507 e. The lowest BCUT2D eigenvalue weighted by atomic mass is 9.87. The fourth-order valence-corrected chi connectivity index (χ4v) is 6.41. The van der Waals surface area contributed by atoms with Gasteiger partial charge in [0.15, 0.2) is 81.6 Å². The number of aromatic hydroxyl groups is 14. The van der Waals surface area contributed by atoms with Gasteiger partial charge in [-0.1, -0.05) is 0 Å². The first-order valence-corrected chi connectivity index (χ1v) is 17.6. The summed E-state index contributed by atoms with van der Waals surface area (Å²) >= 11 is 0. The van der Waals surface area contributed by atoms with Crippen LogP contribution < -0.4 is 0 Å². The van der Waals surface area contributed by atoms with Crippen molar-refractivity contribution in [1.82, 2.24) is 0 Å². The Morgan fingerprint density at radius 1 is 0.429 bits per heavy atom. The molecule has 15 N–H and O–H groups in total. The smallest absolute Gasteiger partial charge is 0.338 e. The number of phenolic OH excluding ortho intramolecular Hbond substituents is 14. The van der Waals surface area contributed by atoms with Crippen molar-refractivity contribution in [3.05, 3.63) is 94.0 Å². The molecule has 23 nitrogen and oxygen atoms in total. The highest BCUT2D eigenvalue weighted by Gasteiger charge is 2.54. The number of esters is 3. The molecular formula is C40H32O23. The summed E-state index contributed by atoms with van der Waals surface area (Å²) in [6.07, 6.45) is -11.6. The van der Waals surface area contributed by atoms with E-state index in [2.05, 4.69) is 0 Å². The predicted octanol–water partition coefficient (Wildman–Crippen LogP) is 1.91. The van der Waals surface area contributed by atoms with Crippen LogP contribution in [0.1, 0.15) is 58.7 Å². The van der Waals surface area contributed by atoms with Crippen LogP contribution in [-0.2, 0) is 18.9 Å². The molecule has 23 heteroatoms. The summed E-state index contributed by atoms with van der Waals surface area (Å²) in [6.45, 7) is -1.27. The summed E-state index contributed by atoms with van der Waals surface area (Å²) in [5.74, 6) is -20.9. The Labute approximate surface area is 349 Å². The molecule has 0 saturated carbocycles. The monoisotopic (exact) mass is 880 g/mol. The molecule has 0 bridgehead atoms. The van der Waals surface area contributed by atoms with Crippen LogP contribution in [0.2, 0.25) is 0 Å². The molecule has 63 heavy (non-hydrogen) atoms.